The summed E-state index contributed by atoms with van der Waals surface area (Å²) in [5.74, 6) is 3.41. The molecule has 1 aromatic rings. The van der Waals surface area contributed by atoms with E-state index in [0.29, 0.717) is 0 Å². The van der Waals surface area contributed by atoms with E-state index in [4.69, 9.17) is 0 Å². The van der Waals surface area contributed by atoms with Crippen molar-refractivity contribution in [2.24, 2.45) is 0 Å². The molecule has 0 fully saturated rings. The second-order valence-corrected chi connectivity index (χ2v) is 30.4. The van der Waals surface area contributed by atoms with Crippen molar-refractivity contribution in [3.63, 3.8) is 0 Å². The molecule has 0 saturated carbocycles. The van der Waals surface area contributed by atoms with Crippen LogP contribution >= 0.6 is 0 Å². The van der Waals surface area contributed by atoms with Crippen LogP contribution in [0.5, 0.6) is 0 Å². The molecular formula is C14H23Si3. The quantitative estimate of drug-likeness (QED) is 0.567. The molecule has 0 aliphatic heterocycles. The zero-order chi connectivity index (χ0) is 13.1. The van der Waals surface area contributed by atoms with Gasteiger partial charge in [0.25, 0.3) is 0 Å². The zero-order valence-electron chi connectivity index (χ0n) is 11.9. The highest BCUT2D eigenvalue weighted by atomic mass is 29.6. The molecule has 0 aliphatic carbocycles. The lowest BCUT2D eigenvalue weighted by Crippen LogP contribution is -2.62. The molecule has 0 saturated heterocycles. The summed E-state index contributed by atoms with van der Waals surface area (Å²) in [6.45, 7) is 15.0. The Morgan fingerprint density at radius 1 is 0.941 bits per heavy atom. The molecule has 0 atom stereocenters. The minimum atomic E-state index is -1.35. The van der Waals surface area contributed by atoms with E-state index in [1.807, 2.05) is 6.07 Å². The summed E-state index contributed by atoms with van der Waals surface area (Å²) in [5.41, 5.74) is 4.84. The fourth-order valence-electron chi connectivity index (χ4n) is 1.53. The number of hydrogen-bond acceptors (Lipinski definition) is 0. The normalized spacial score (nSPS) is 12.2. The average molecular weight is 276 g/mol. The van der Waals surface area contributed by atoms with Crippen LogP contribution in [0.25, 0.3) is 0 Å². The first-order valence-electron chi connectivity index (χ1n) is 6.16. The van der Waals surface area contributed by atoms with Crippen molar-refractivity contribution >= 4 is 23.0 Å². The summed E-state index contributed by atoms with van der Waals surface area (Å²) < 4.78 is 0. The summed E-state index contributed by atoms with van der Waals surface area (Å²) in [6, 6.07) is 10.4. The van der Waals surface area contributed by atoms with Crippen LogP contribution in [0.2, 0.25) is 39.3 Å². The molecule has 0 amide bonds. The van der Waals surface area contributed by atoms with Crippen LogP contribution in [0.4, 0.5) is 0 Å². The van der Waals surface area contributed by atoms with Gasteiger partial charge in [-0.3, -0.25) is 0 Å². The maximum Gasteiger partial charge on any atom is 0.121 e. The van der Waals surface area contributed by atoms with E-state index < -0.39 is 14.7 Å². The third kappa shape index (κ3) is 3.44. The van der Waals surface area contributed by atoms with Crippen molar-refractivity contribution in [3.8, 4) is 11.5 Å². The van der Waals surface area contributed by atoms with Gasteiger partial charge in [-0.05, 0) is 12.1 Å². The zero-order valence-corrected chi connectivity index (χ0v) is 14.9. The molecule has 0 N–H and O–H groups in total. The van der Waals surface area contributed by atoms with Gasteiger partial charge in [-0.1, -0.05) is 63.4 Å². The predicted octanol–water partition coefficient (Wildman–Crippen LogP) is 3.91. The van der Waals surface area contributed by atoms with Gasteiger partial charge in [0, 0.05) is 21.0 Å². The van der Waals surface area contributed by atoms with Gasteiger partial charge in [-0.2, -0.15) is 0 Å². The van der Waals surface area contributed by atoms with E-state index in [9.17, 15) is 0 Å². The highest BCUT2D eigenvalue weighted by Gasteiger charge is 2.42. The van der Waals surface area contributed by atoms with Crippen LogP contribution in [0.3, 0.4) is 0 Å². The monoisotopic (exact) mass is 275 g/mol. The summed E-state index contributed by atoms with van der Waals surface area (Å²) in [6.07, 6.45) is 0. The molecule has 1 rings (SSSR count). The smallest absolute Gasteiger partial charge is 0.121 e. The molecular weight excluding hydrogens is 252 g/mol. The summed E-state index contributed by atoms with van der Waals surface area (Å²) in [5, 5.41) is 0. The van der Waals surface area contributed by atoms with Gasteiger partial charge in [0.2, 0.25) is 0 Å². The van der Waals surface area contributed by atoms with Crippen molar-refractivity contribution in [1.82, 2.24) is 0 Å². The van der Waals surface area contributed by atoms with Crippen molar-refractivity contribution in [2.45, 2.75) is 39.3 Å². The van der Waals surface area contributed by atoms with Gasteiger partial charge in [-0.15, -0.1) is 5.54 Å². The van der Waals surface area contributed by atoms with E-state index in [0.717, 1.165) is 0 Å². The fraction of sp³-hybridized carbons (Fsp3) is 0.429. The summed E-state index contributed by atoms with van der Waals surface area (Å²) in [7, 11) is -2.62. The van der Waals surface area contributed by atoms with E-state index in [-0.39, 0.29) is 8.31 Å². The van der Waals surface area contributed by atoms with Crippen molar-refractivity contribution in [3.05, 3.63) is 35.9 Å². The van der Waals surface area contributed by atoms with E-state index in [1.54, 1.807) is 0 Å². The number of benzene rings is 1. The van der Waals surface area contributed by atoms with Crippen molar-refractivity contribution in [2.75, 3.05) is 0 Å². The van der Waals surface area contributed by atoms with E-state index >= 15 is 0 Å². The Kier molecular flexibility index (Phi) is 4.59. The Balaban J connectivity index is 2.99. The Labute approximate surface area is 110 Å². The maximum atomic E-state index is 3.67. The van der Waals surface area contributed by atoms with Crippen LogP contribution in [0.1, 0.15) is 5.56 Å². The number of hydrogen-bond donors (Lipinski definition) is 0. The SMILES string of the molecule is C[Si](C)[Si](C)(C)[Si](C)(C)C#Cc1ccccc1. The molecule has 17 heavy (non-hydrogen) atoms. The van der Waals surface area contributed by atoms with Crippen LogP contribution in [-0.4, -0.2) is 23.0 Å². The van der Waals surface area contributed by atoms with Gasteiger partial charge in [-0.25, -0.2) is 0 Å². The van der Waals surface area contributed by atoms with Gasteiger partial charge in [0.05, 0.1) is 0 Å². The van der Waals surface area contributed by atoms with Gasteiger partial charge < -0.3 is 0 Å². The van der Waals surface area contributed by atoms with E-state index in [1.165, 1.54) is 5.56 Å². The summed E-state index contributed by atoms with van der Waals surface area (Å²) in [4.78, 5) is 0. The number of rotatable bonds is 2. The lowest BCUT2D eigenvalue weighted by atomic mass is 10.2. The third-order valence-corrected chi connectivity index (χ3v) is 37.9. The molecule has 0 bridgehead atoms. The molecule has 91 valence electrons. The van der Waals surface area contributed by atoms with Crippen LogP contribution in [0, 0.1) is 11.5 Å². The van der Waals surface area contributed by atoms with Gasteiger partial charge in [0.1, 0.15) is 7.59 Å². The van der Waals surface area contributed by atoms with Gasteiger partial charge >= 0.3 is 0 Å². The molecule has 0 aliphatic rings. The Morgan fingerprint density at radius 3 is 1.94 bits per heavy atom. The van der Waals surface area contributed by atoms with Crippen molar-refractivity contribution < 1.29 is 0 Å². The first-order chi connectivity index (χ1) is 7.77. The first kappa shape index (κ1) is 14.5. The fourth-order valence-corrected chi connectivity index (χ4v) is 20.2. The highest BCUT2D eigenvalue weighted by Crippen LogP contribution is 2.21. The molecule has 1 radical (unpaired) electrons. The molecule has 0 unspecified atom stereocenters. The standard InChI is InChI=1S/C14H23Si3/c1-15(2)17(5,6)16(3,4)13-12-14-10-8-7-9-11-14/h7-11H,1-6H3. The minimum Gasteiger partial charge on any atom is -0.130 e. The topological polar surface area (TPSA) is 0 Å². The second-order valence-electron chi connectivity index (χ2n) is 5.87. The Morgan fingerprint density at radius 2 is 1.47 bits per heavy atom. The lowest BCUT2D eigenvalue weighted by molar-refractivity contribution is 1.65. The molecule has 3 heteroatoms. The third-order valence-electron chi connectivity index (χ3n) is 4.11. The Bertz CT molecular complexity index is 422. The maximum absolute atomic E-state index is 3.67. The highest BCUT2D eigenvalue weighted by molar-refractivity contribution is 7.65. The summed E-state index contributed by atoms with van der Waals surface area (Å²) >= 11 is 0. The van der Waals surface area contributed by atoms with Crippen LogP contribution in [-0.2, 0) is 0 Å². The Hall–Kier alpha value is -0.569. The predicted molar refractivity (Wildman–Crippen MR) is 85.8 cm³/mol. The second kappa shape index (κ2) is 5.38. The molecule has 0 aromatic heterocycles. The minimum absolute atomic E-state index is 0.173. The average Bonchev–Trinajstić information content (AvgIpc) is 2.27. The van der Waals surface area contributed by atoms with Crippen LogP contribution < -0.4 is 0 Å². The largest absolute Gasteiger partial charge is 0.130 e. The van der Waals surface area contributed by atoms with Crippen molar-refractivity contribution in [1.29, 1.82) is 0 Å². The molecule has 1 aromatic carbocycles. The van der Waals surface area contributed by atoms with Crippen LogP contribution in [0.15, 0.2) is 30.3 Å². The molecule has 0 nitrogen and oxygen atoms in total. The first-order valence-corrected chi connectivity index (χ1v) is 16.7. The van der Waals surface area contributed by atoms with E-state index in [2.05, 4.69) is 75.0 Å². The van der Waals surface area contributed by atoms with Gasteiger partial charge in [0.15, 0.2) is 0 Å². The molecule has 0 spiro atoms. The molecule has 0 heterocycles. The lowest BCUT2D eigenvalue weighted by Gasteiger charge is -2.36.